The van der Waals surface area contributed by atoms with Crippen LogP contribution in [-0.4, -0.2) is 28.2 Å². The van der Waals surface area contributed by atoms with Gasteiger partial charge in [-0.3, -0.25) is 5.10 Å². The lowest BCUT2D eigenvalue weighted by Crippen LogP contribution is -2.03. The summed E-state index contributed by atoms with van der Waals surface area (Å²) in [5.41, 5.74) is 1.87. The number of H-pyrrole nitrogens is 1. The molecule has 0 atom stereocenters. The van der Waals surface area contributed by atoms with Crippen LogP contribution in [0.15, 0.2) is 53.6 Å². The summed E-state index contributed by atoms with van der Waals surface area (Å²) in [6, 6.07) is 15.7. The van der Waals surface area contributed by atoms with Crippen molar-refractivity contribution >= 4 is 18.4 Å². The summed E-state index contributed by atoms with van der Waals surface area (Å²) < 4.78 is 13.6. The van der Waals surface area contributed by atoms with Crippen LogP contribution in [0.2, 0.25) is 0 Å². The molecule has 0 radical (unpaired) electrons. The summed E-state index contributed by atoms with van der Waals surface area (Å²) in [4.78, 5) is 0. The van der Waals surface area contributed by atoms with Crippen molar-refractivity contribution < 1.29 is 9.47 Å². The van der Waals surface area contributed by atoms with Crippen LogP contribution in [0.25, 0.3) is 0 Å². The molecule has 0 saturated carbocycles. The summed E-state index contributed by atoms with van der Waals surface area (Å²) >= 11 is 5.28. The number of methoxy groups -OCH3 is 1. The molecule has 0 unspecified atom stereocenters. The molecule has 2 aromatic carbocycles. The van der Waals surface area contributed by atoms with E-state index in [9.17, 15) is 0 Å². The van der Waals surface area contributed by atoms with Crippen LogP contribution >= 0.6 is 12.2 Å². The van der Waals surface area contributed by atoms with E-state index in [1.165, 1.54) is 0 Å². The van der Waals surface area contributed by atoms with Crippen LogP contribution in [0, 0.1) is 4.77 Å². The highest BCUT2D eigenvalue weighted by Crippen LogP contribution is 2.31. The van der Waals surface area contributed by atoms with Gasteiger partial charge >= 0.3 is 0 Å². The van der Waals surface area contributed by atoms with E-state index >= 15 is 0 Å². The summed E-state index contributed by atoms with van der Waals surface area (Å²) in [6.45, 7) is 4.51. The molecule has 0 aliphatic carbocycles. The van der Waals surface area contributed by atoms with Crippen LogP contribution in [0.4, 0.5) is 0 Å². The van der Waals surface area contributed by atoms with Crippen molar-refractivity contribution in [3.63, 3.8) is 0 Å². The average molecular weight is 382 g/mol. The van der Waals surface area contributed by atoms with Gasteiger partial charge < -0.3 is 9.47 Å². The first-order chi connectivity index (χ1) is 13.1. The number of para-hydroxylation sites is 1. The second-order valence-corrected chi connectivity index (χ2v) is 6.64. The average Bonchev–Trinajstić information content (AvgIpc) is 3.06. The fourth-order valence-corrected chi connectivity index (χ4v) is 2.77. The summed E-state index contributed by atoms with van der Waals surface area (Å²) in [5.74, 6) is 2.24. The molecular formula is C20H22N4O2S. The van der Waals surface area contributed by atoms with Gasteiger partial charge in [0.25, 0.3) is 0 Å². The maximum atomic E-state index is 6.05. The number of hydrogen-bond donors (Lipinski definition) is 1. The molecule has 7 heteroatoms. The maximum absolute atomic E-state index is 6.05. The quantitative estimate of drug-likeness (QED) is 0.481. The maximum Gasteiger partial charge on any atom is 0.216 e. The van der Waals surface area contributed by atoms with Crippen LogP contribution in [0.1, 0.15) is 36.7 Å². The van der Waals surface area contributed by atoms with Gasteiger partial charge in [-0.25, -0.2) is 0 Å². The van der Waals surface area contributed by atoms with Crippen LogP contribution in [0.5, 0.6) is 11.5 Å². The normalized spacial score (nSPS) is 11.3. The van der Waals surface area contributed by atoms with Gasteiger partial charge in [0.15, 0.2) is 17.3 Å². The van der Waals surface area contributed by atoms with Gasteiger partial charge in [0, 0.05) is 11.5 Å². The molecule has 3 rings (SSSR count). The number of aromatic nitrogens is 3. The van der Waals surface area contributed by atoms with Crippen molar-refractivity contribution in [1.82, 2.24) is 14.9 Å². The van der Waals surface area contributed by atoms with E-state index < -0.39 is 0 Å². The molecule has 0 fully saturated rings. The summed E-state index contributed by atoms with van der Waals surface area (Å²) in [6.07, 6.45) is 1.71. The topological polar surface area (TPSA) is 64.4 Å². The Morgan fingerprint density at radius 1 is 1.19 bits per heavy atom. The van der Waals surface area contributed by atoms with E-state index in [0.717, 1.165) is 17.0 Å². The third-order valence-electron chi connectivity index (χ3n) is 3.96. The van der Waals surface area contributed by atoms with E-state index in [-0.39, 0.29) is 5.92 Å². The number of benzene rings is 2. The molecule has 3 aromatic rings. The minimum Gasteiger partial charge on any atom is -0.493 e. The van der Waals surface area contributed by atoms with Gasteiger partial charge in [-0.15, -0.1) is 0 Å². The lowest BCUT2D eigenvalue weighted by molar-refractivity contribution is 0.284. The minimum absolute atomic E-state index is 0.189. The van der Waals surface area contributed by atoms with Gasteiger partial charge in [0.1, 0.15) is 6.61 Å². The molecule has 6 nitrogen and oxygen atoms in total. The highest BCUT2D eigenvalue weighted by molar-refractivity contribution is 7.71. The Morgan fingerprint density at radius 3 is 2.67 bits per heavy atom. The monoisotopic (exact) mass is 382 g/mol. The van der Waals surface area contributed by atoms with Gasteiger partial charge in [-0.2, -0.15) is 14.9 Å². The Kier molecular flexibility index (Phi) is 6.03. The molecule has 0 bridgehead atoms. The van der Waals surface area contributed by atoms with Crippen LogP contribution in [0.3, 0.4) is 0 Å². The van der Waals surface area contributed by atoms with Gasteiger partial charge in [-0.05, 0) is 29.9 Å². The molecular weight excluding hydrogens is 360 g/mol. The number of ether oxygens (including phenoxy) is 2. The Bertz CT molecular complexity index is 977. The first kappa shape index (κ1) is 18.8. The van der Waals surface area contributed by atoms with E-state index in [4.69, 9.17) is 21.7 Å². The molecule has 1 heterocycles. The SMILES string of the molecule is COc1cccc(/C=N\n2c(C(C)C)n[nH]c2=S)c1OCc1ccccc1. The molecule has 0 aliphatic rings. The zero-order valence-corrected chi connectivity index (χ0v) is 16.4. The zero-order valence-electron chi connectivity index (χ0n) is 15.5. The van der Waals surface area contributed by atoms with Crippen molar-refractivity contribution in [1.29, 1.82) is 0 Å². The first-order valence-corrected chi connectivity index (χ1v) is 9.06. The number of nitrogens with one attached hydrogen (secondary N) is 1. The number of aromatic amines is 1. The van der Waals surface area contributed by atoms with Crippen molar-refractivity contribution in [2.45, 2.75) is 26.4 Å². The predicted octanol–water partition coefficient (Wildman–Crippen LogP) is 4.53. The molecule has 1 aromatic heterocycles. The molecule has 140 valence electrons. The predicted molar refractivity (Wildman–Crippen MR) is 108 cm³/mol. The first-order valence-electron chi connectivity index (χ1n) is 8.65. The third kappa shape index (κ3) is 4.43. The van der Waals surface area contributed by atoms with Crippen LogP contribution < -0.4 is 9.47 Å². The number of rotatable bonds is 7. The minimum atomic E-state index is 0.189. The van der Waals surface area contributed by atoms with Crippen molar-refractivity contribution in [3.05, 3.63) is 70.3 Å². The molecule has 0 amide bonds. The summed E-state index contributed by atoms with van der Waals surface area (Å²) in [7, 11) is 1.62. The van der Waals surface area contributed by atoms with Crippen molar-refractivity contribution in [3.8, 4) is 11.5 Å². The van der Waals surface area contributed by atoms with Gasteiger partial charge in [-0.1, -0.05) is 50.2 Å². The standard InChI is InChI=1S/C20H22N4O2S/c1-14(2)19-22-23-20(27)24(19)21-12-16-10-7-11-17(25-3)18(16)26-13-15-8-5-4-6-9-15/h4-12,14H,13H2,1-3H3,(H,23,27)/b21-12-. The fourth-order valence-electron chi connectivity index (χ4n) is 2.59. The smallest absolute Gasteiger partial charge is 0.216 e. The zero-order chi connectivity index (χ0) is 19.2. The highest BCUT2D eigenvalue weighted by atomic mass is 32.1. The van der Waals surface area contributed by atoms with Crippen LogP contribution in [-0.2, 0) is 6.61 Å². The molecule has 0 spiro atoms. The van der Waals surface area contributed by atoms with E-state index in [1.54, 1.807) is 18.0 Å². The molecule has 0 aliphatic heterocycles. The Balaban J connectivity index is 1.91. The molecule has 27 heavy (non-hydrogen) atoms. The highest BCUT2D eigenvalue weighted by Gasteiger charge is 2.12. The Morgan fingerprint density at radius 2 is 1.96 bits per heavy atom. The fraction of sp³-hybridized carbons (Fsp3) is 0.250. The van der Waals surface area contributed by atoms with E-state index in [2.05, 4.69) is 15.3 Å². The summed E-state index contributed by atoms with van der Waals surface area (Å²) in [5, 5.41) is 11.5. The largest absolute Gasteiger partial charge is 0.493 e. The number of hydrogen-bond acceptors (Lipinski definition) is 5. The Labute approximate surface area is 163 Å². The molecule has 1 N–H and O–H groups in total. The second-order valence-electron chi connectivity index (χ2n) is 6.25. The van der Waals surface area contributed by atoms with Gasteiger partial charge in [0.2, 0.25) is 4.77 Å². The lowest BCUT2D eigenvalue weighted by atomic mass is 10.2. The van der Waals surface area contributed by atoms with E-state index in [1.807, 2.05) is 62.4 Å². The third-order valence-corrected chi connectivity index (χ3v) is 4.22. The molecule has 0 saturated heterocycles. The number of nitrogens with zero attached hydrogens (tertiary/aromatic N) is 3. The van der Waals surface area contributed by atoms with Crippen molar-refractivity contribution in [2.24, 2.45) is 5.10 Å². The van der Waals surface area contributed by atoms with E-state index in [0.29, 0.717) is 22.9 Å². The lowest BCUT2D eigenvalue weighted by Gasteiger charge is -2.13. The van der Waals surface area contributed by atoms with Gasteiger partial charge in [0.05, 0.1) is 13.3 Å². The Hall–Kier alpha value is -2.93. The van der Waals surface area contributed by atoms with Crippen molar-refractivity contribution in [2.75, 3.05) is 7.11 Å². The second kappa shape index (κ2) is 8.64.